The fraction of sp³-hybridized carbons (Fsp3) is 0.357. The fourth-order valence-corrected chi connectivity index (χ4v) is 5.30. The standard InChI is InChI=1S/C28H31ClO7S/c1-32-28-27(35-19-23-15-9-4-10-16-23)26(34-18-22-13-7-3-8-14-22)25(24(36-28)20-37(29,30)31)33-17-21-11-5-2-6-12-21/h2-16,24-28H,17-20H2,1H3/t24-,25?,26-,27+,28?/m0/s1. The Labute approximate surface area is 222 Å². The second-order valence-electron chi connectivity index (χ2n) is 8.77. The lowest BCUT2D eigenvalue weighted by Crippen LogP contribution is -2.61. The molecule has 7 nitrogen and oxygen atoms in total. The summed E-state index contributed by atoms with van der Waals surface area (Å²) in [6.45, 7) is 0.768. The van der Waals surface area contributed by atoms with Crippen LogP contribution in [0.1, 0.15) is 16.7 Å². The van der Waals surface area contributed by atoms with Crippen LogP contribution in [0.15, 0.2) is 91.0 Å². The van der Waals surface area contributed by atoms with Gasteiger partial charge in [0.25, 0.3) is 0 Å². The van der Waals surface area contributed by atoms with Crippen molar-refractivity contribution in [2.24, 2.45) is 0 Å². The number of halogens is 1. The van der Waals surface area contributed by atoms with Gasteiger partial charge in [-0.1, -0.05) is 91.0 Å². The van der Waals surface area contributed by atoms with Crippen LogP contribution in [0.2, 0.25) is 0 Å². The van der Waals surface area contributed by atoms with Crippen molar-refractivity contribution in [2.45, 2.75) is 50.5 Å². The second-order valence-corrected chi connectivity index (χ2v) is 11.6. The van der Waals surface area contributed by atoms with Crippen molar-refractivity contribution in [1.29, 1.82) is 0 Å². The summed E-state index contributed by atoms with van der Waals surface area (Å²) in [6, 6.07) is 29.0. The monoisotopic (exact) mass is 546 g/mol. The smallest absolute Gasteiger partial charge is 0.235 e. The van der Waals surface area contributed by atoms with Gasteiger partial charge in [0.2, 0.25) is 9.05 Å². The molecule has 37 heavy (non-hydrogen) atoms. The topological polar surface area (TPSA) is 80.3 Å². The van der Waals surface area contributed by atoms with Gasteiger partial charge in [-0.25, -0.2) is 8.42 Å². The van der Waals surface area contributed by atoms with Crippen LogP contribution in [0.4, 0.5) is 0 Å². The summed E-state index contributed by atoms with van der Waals surface area (Å²) in [4.78, 5) is 0. The van der Waals surface area contributed by atoms with Gasteiger partial charge in [0.15, 0.2) is 6.29 Å². The largest absolute Gasteiger partial charge is 0.368 e. The summed E-state index contributed by atoms with van der Waals surface area (Å²) in [5.74, 6) is -0.468. The normalized spacial score (nSPS) is 24.1. The van der Waals surface area contributed by atoms with Crippen LogP contribution in [0, 0.1) is 0 Å². The zero-order valence-corrected chi connectivity index (χ0v) is 22.1. The van der Waals surface area contributed by atoms with Crippen molar-refractivity contribution in [2.75, 3.05) is 12.9 Å². The van der Waals surface area contributed by atoms with E-state index < -0.39 is 45.5 Å². The summed E-state index contributed by atoms with van der Waals surface area (Å²) in [6.07, 6.45) is -4.05. The Kier molecular flexibility index (Phi) is 10.1. The minimum absolute atomic E-state index is 0.224. The van der Waals surface area contributed by atoms with Crippen LogP contribution >= 0.6 is 10.7 Å². The molecule has 1 heterocycles. The van der Waals surface area contributed by atoms with E-state index in [1.54, 1.807) is 0 Å². The molecule has 0 aliphatic carbocycles. The summed E-state index contributed by atoms with van der Waals surface area (Å²) >= 11 is 0. The molecular formula is C28H31ClO7S. The van der Waals surface area contributed by atoms with Crippen LogP contribution in [0.5, 0.6) is 0 Å². The third kappa shape index (κ3) is 8.35. The molecule has 0 amide bonds. The van der Waals surface area contributed by atoms with E-state index in [0.717, 1.165) is 16.7 Å². The molecule has 3 aromatic carbocycles. The Morgan fingerprint density at radius 2 is 1.08 bits per heavy atom. The Morgan fingerprint density at radius 3 is 1.49 bits per heavy atom. The van der Waals surface area contributed by atoms with E-state index in [9.17, 15) is 8.42 Å². The number of benzene rings is 3. The van der Waals surface area contributed by atoms with Crippen LogP contribution in [0.25, 0.3) is 0 Å². The lowest BCUT2D eigenvalue weighted by Gasteiger charge is -2.45. The minimum atomic E-state index is -3.92. The molecule has 4 rings (SSSR count). The van der Waals surface area contributed by atoms with Crippen molar-refractivity contribution < 1.29 is 32.1 Å². The highest BCUT2D eigenvalue weighted by Gasteiger charge is 2.49. The molecule has 0 bridgehead atoms. The molecule has 2 unspecified atom stereocenters. The molecule has 3 aromatic rings. The SMILES string of the molecule is COC1O[C@@H](CS(=O)(=O)Cl)C(OCc2ccccc2)[C@H](OCc2ccccc2)[C@H]1OCc1ccccc1. The quantitative estimate of drug-likeness (QED) is 0.305. The molecule has 0 saturated carbocycles. The average molecular weight is 547 g/mol. The van der Waals surface area contributed by atoms with Gasteiger partial charge < -0.3 is 23.7 Å². The van der Waals surface area contributed by atoms with Crippen molar-refractivity contribution in [3.63, 3.8) is 0 Å². The molecule has 0 N–H and O–H groups in total. The summed E-state index contributed by atoms with van der Waals surface area (Å²) in [7, 11) is 3.22. The number of methoxy groups -OCH3 is 1. The predicted molar refractivity (Wildman–Crippen MR) is 140 cm³/mol. The third-order valence-corrected chi connectivity index (χ3v) is 7.15. The molecule has 0 aromatic heterocycles. The Balaban J connectivity index is 1.63. The summed E-state index contributed by atoms with van der Waals surface area (Å²) in [5, 5.41) is 0. The van der Waals surface area contributed by atoms with Gasteiger partial charge in [-0.05, 0) is 16.7 Å². The van der Waals surface area contributed by atoms with E-state index in [1.165, 1.54) is 7.11 Å². The summed E-state index contributed by atoms with van der Waals surface area (Å²) < 4.78 is 54.9. The molecule has 1 fully saturated rings. The number of hydrogen-bond acceptors (Lipinski definition) is 7. The maximum atomic E-state index is 12.1. The van der Waals surface area contributed by atoms with Gasteiger partial charge in [-0.15, -0.1) is 0 Å². The highest BCUT2D eigenvalue weighted by atomic mass is 35.7. The van der Waals surface area contributed by atoms with Gasteiger partial charge >= 0.3 is 0 Å². The van der Waals surface area contributed by atoms with Crippen LogP contribution in [-0.4, -0.2) is 52.0 Å². The van der Waals surface area contributed by atoms with E-state index in [1.807, 2.05) is 91.0 Å². The maximum Gasteiger partial charge on any atom is 0.235 e. The first-order valence-electron chi connectivity index (χ1n) is 12.0. The molecule has 9 heteroatoms. The molecule has 1 aliphatic heterocycles. The Morgan fingerprint density at radius 1 is 0.676 bits per heavy atom. The zero-order valence-electron chi connectivity index (χ0n) is 20.5. The van der Waals surface area contributed by atoms with E-state index in [4.69, 9.17) is 34.4 Å². The van der Waals surface area contributed by atoms with E-state index in [0.29, 0.717) is 0 Å². The highest BCUT2D eigenvalue weighted by molar-refractivity contribution is 8.13. The summed E-state index contributed by atoms with van der Waals surface area (Å²) in [5.41, 5.74) is 2.84. The number of hydrogen-bond donors (Lipinski definition) is 0. The number of ether oxygens (including phenoxy) is 5. The van der Waals surface area contributed by atoms with E-state index in [-0.39, 0.29) is 19.8 Å². The molecule has 198 valence electrons. The molecule has 1 saturated heterocycles. The van der Waals surface area contributed by atoms with Crippen LogP contribution in [0.3, 0.4) is 0 Å². The average Bonchev–Trinajstić information content (AvgIpc) is 2.91. The predicted octanol–water partition coefficient (Wildman–Crippen LogP) is 4.68. The van der Waals surface area contributed by atoms with Crippen molar-refractivity contribution in [3.8, 4) is 0 Å². The zero-order chi connectivity index (χ0) is 26.1. The van der Waals surface area contributed by atoms with Crippen molar-refractivity contribution in [3.05, 3.63) is 108 Å². The van der Waals surface area contributed by atoms with Gasteiger partial charge in [0.05, 0.1) is 25.6 Å². The lowest BCUT2D eigenvalue weighted by molar-refractivity contribution is -0.313. The molecular weight excluding hydrogens is 516 g/mol. The first kappa shape index (κ1) is 27.7. The first-order valence-corrected chi connectivity index (χ1v) is 14.5. The Hall–Kier alpha value is -2.30. The number of rotatable bonds is 12. The van der Waals surface area contributed by atoms with E-state index >= 15 is 0 Å². The molecule has 1 aliphatic rings. The first-order chi connectivity index (χ1) is 17.9. The third-order valence-electron chi connectivity index (χ3n) is 6.04. The molecule has 0 spiro atoms. The molecule has 5 atom stereocenters. The van der Waals surface area contributed by atoms with Gasteiger partial charge in [-0.2, -0.15) is 0 Å². The second kappa shape index (κ2) is 13.5. The fourth-order valence-electron chi connectivity index (χ4n) is 4.27. The minimum Gasteiger partial charge on any atom is -0.368 e. The van der Waals surface area contributed by atoms with E-state index in [2.05, 4.69) is 0 Å². The molecule has 0 radical (unpaired) electrons. The maximum absolute atomic E-state index is 12.1. The van der Waals surface area contributed by atoms with Gasteiger partial charge in [-0.3, -0.25) is 0 Å². The lowest BCUT2D eigenvalue weighted by atomic mass is 9.98. The van der Waals surface area contributed by atoms with Gasteiger partial charge in [0.1, 0.15) is 24.4 Å². The Bertz CT molecular complexity index is 1180. The van der Waals surface area contributed by atoms with Crippen molar-refractivity contribution in [1.82, 2.24) is 0 Å². The van der Waals surface area contributed by atoms with Crippen molar-refractivity contribution >= 4 is 19.7 Å². The van der Waals surface area contributed by atoms with Crippen LogP contribution in [-0.2, 0) is 52.6 Å². The van der Waals surface area contributed by atoms with Gasteiger partial charge in [0, 0.05) is 17.8 Å². The highest BCUT2D eigenvalue weighted by Crippen LogP contribution is 2.32. The van der Waals surface area contributed by atoms with Crippen LogP contribution < -0.4 is 0 Å².